The molecule has 1 aliphatic rings. The first-order valence-electron chi connectivity index (χ1n) is 7.52. The Kier molecular flexibility index (Phi) is 5.17. The second-order valence-electron chi connectivity index (χ2n) is 5.47. The summed E-state index contributed by atoms with van der Waals surface area (Å²) in [5, 5.41) is 4.25. The van der Waals surface area contributed by atoms with Crippen molar-refractivity contribution >= 4 is 17.1 Å². The number of hydrogen-bond acceptors (Lipinski definition) is 3. The van der Waals surface area contributed by atoms with Crippen LogP contribution < -0.4 is 0 Å². The molecule has 0 unspecified atom stereocenters. The number of ketones is 1. The van der Waals surface area contributed by atoms with Crippen molar-refractivity contribution in [1.29, 1.82) is 0 Å². The van der Waals surface area contributed by atoms with E-state index in [0.717, 1.165) is 32.4 Å². The third-order valence-corrected chi connectivity index (χ3v) is 5.27. The third kappa shape index (κ3) is 3.09. The van der Waals surface area contributed by atoms with Gasteiger partial charge in [-0.1, -0.05) is 26.7 Å². The summed E-state index contributed by atoms with van der Waals surface area (Å²) in [6.07, 6.45) is 6.16. The molecule has 0 radical (unpaired) electrons. The van der Waals surface area contributed by atoms with Gasteiger partial charge in [-0.15, -0.1) is 0 Å². The van der Waals surface area contributed by atoms with Gasteiger partial charge in [0.1, 0.15) is 0 Å². The fourth-order valence-corrected chi connectivity index (χ4v) is 4.19. The van der Waals surface area contributed by atoms with Gasteiger partial charge in [-0.3, -0.25) is 9.69 Å². The predicted molar refractivity (Wildman–Crippen MR) is 81.8 cm³/mol. The molecule has 2 nitrogen and oxygen atoms in total. The largest absolute Gasteiger partial charge is 0.298 e. The second-order valence-corrected chi connectivity index (χ2v) is 6.25. The smallest absolute Gasteiger partial charge is 0.153 e. The van der Waals surface area contributed by atoms with Gasteiger partial charge in [-0.05, 0) is 54.7 Å². The molecule has 106 valence electrons. The highest BCUT2D eigenvalue weighted by Crippen LogP contribution is 2.37. The summed E-state index contributed by atoms with van der Waals surface area (Å²) < 4.78 is 0. The SMILES string of the molecule is CCN(CC)C1(C(=O)CCc2ccsc2)CCCC1. The average Bonchev–Trinajstić information content (AvgIpc) is 3.09. The predicted octanol–water partition coefficient (Wildman–Crippen LogP) is 3.90. The number of rotatable bonds is 7. The highest BCUT2D eigenvalue weighted by Gasteiger charge is 2.43. The van der Waals surface area contributed by atoms with Gasteiger partial charge in [0.05, 0.1) is 5.54 Å². The van der Waals surface area contributed by atoms with Crippen LogP contribution >= 0.6 is 11.3 Å². The molecule has 1 aromatic heterocycles. The maximum atomic E-state index is 12.8. The minimum atomic E-state index is -0.139. The van der Waals surface area contributed by atoms with E-state index in [4.69, 9.17) is 0 Å². The number of likely N-dealkylation sites (N-methyl/N-ethyl adjacent to an activating group) is 1. The molecule has 0 spiro atoms. The van der Waals surface area contributed by atoms with Gasteiger partial charge in [-0.2, -0.15) is 11.3 Å². The summed E-state index contributed by atoms with van der Waals surface area (Å²) in [4.78, 5) is 15.2. The molecule has 1 saturated carbocycles. The first kappa shape index (κ1) is 14.7. The molecular weight excluding hydrogens is 254 g/mol. The topological polar surface area (TPSA) is 20.3 Å². The zero-order chi connectivity index (χ0) is 13.7. The number of Topliss-reactive ketones (excluding diaryl/α,β-unsaturated/α-hetero) is 1. The lowest BCUT2D eigenvalue weighted by Crippen LogP contribution is -2.52. The zero-order valence-corrected chi connectivity index (χ0v) is 13.0. The van der Waals surface area contributed by atoms with Crippen LogP contribution in [0, 0.1) is 0 Å². The van der Waals surface area contributed by atoms with Crippen molar-refractivity contribution in [1.82, 2.24) is 4.90 Å². The van der Waals surface area contributed by atoms with Gasteiger partial charge in [0.15, 0.2) is 5.78 Å². The molecule has 1 heterocycles. The van der Waals surface area contributed by atoms with Crippen molar-refractivity contribution in [2.75, 3.05) is 13.1 Å². The minimum absolute atomic E-state index is 0.139. The Hall–Kier alpha value is -0.670. The monoisotopic (exact) mass is 279 g/mol. The van der Waals surface area contributed by atoms with Crippen molar-refractivity contribution in [3.8, 4) is 0 Å². The van der Waals surface area contributed by atoms with Crippen LogP contribution in [0.1, 0.15) is 51.5 Å². The standard InChI is InChI=1S/C16H25NOS/c1-3-17(4-2)16(10-5-6-11-16)15(18)8-7-14-9-12-19-13-14/h9,12-13H,3-8,10-11H2,1-2H3. The van der Waals surface area contributed by atoms with Crippen LogP contribution in [-0.4, -0.2) is 29.3 Å². The fraction of sp³-hybridized carbons (Fsp3) is 0.688. The van der Waals surface area contributed by atoms with Crippen LogP contribution in [-0.2, 0) is 11.2 Å². The van der Waals surface area contributed by atoms with Crippen molar-refractivity contribution in [3.63, 3.8) is 0 Å². The summed E-state index contributed by atoms with van der Waals surface area (Å²) in [5.74, 6) is 0.472. The van der Waals surface area contributed by atoms with Crippen LogP contribution in [0.4, 0.5) is 0 Å². The molecule has 0 aliphatic heterocycles. The molecular formula is C16H25NOS. The van der Waals surface area contributed by atoms with E-state index in [9.17, 15) is 4.79 Å². The van der Waals surface area contributed by atoms with E-state index in [1.807, 2.05) is 0 Å². The molecule has 0 aromatic carbocycles. The van der Waals surface area contributed by atoms with Crippen LogP contribution in [0.2, 0.25) is 0 Å². The van der Waals surface area contributed by atoms with E-state index >= 15 is 0 Å². The average molecular weight is 279 g/mol. The number of carbonyl (C=O) groups is 1. The van der Waals surface area contributed by atoms with Crippen LogP contribution in [0.5, 0.6) is 0 Å². The molecule has 3 heteroatoms. The molecule has 0 amide bonds. The highest BCUT2D eigenvalue weighted by molar-refractivity contribution is 7.07. The van der Waals surface area contributed by atoms with Gasteiger partial charge in [0.25, 0.3) is 0 Å². The van der Waals surface area contributed by atoms with Gasteiger partial charge in [0.2, 0.25) is 0 Å². The summed E-state index contributed by atoms with van der Waals surface area (Å²) in [6.45, 7) is 6.33. The molecule has 0 saturated heterocycles. The second kappa shape index (κ2) is 6.67. The maximum Gasteiger partial charge on any atom is 0.153 e. The molecule has 0 N–H and O–H groups in total. The lowest BCUT2D eigenvalue weighted by molar-refractivity contribution is -0.131. The zero-order valence-electron chi connectivity index (χ0n) is 12.2. The Labute approximate surface area is 120 Å². The van der Waals surface area contributed by atoms with Crippen molar-refractivity contribution in [2.45, 2.75) is 57.9 Å². The third-order valence-electron chi connectivity index (χ3n) is 4.54. The van der Waals surface area contributed by atoms with E-state index < -0.39 is 0 Å². The van der Waals surface area contributed by atoms with Crippen molar-refractivity contribution in [3.05, 3.63) is 22.4 Å². The molecule has 0 bridgehead atoms. The number of hydrogen-bond donors (Lipinski definition) is 0. The molecule has 2 rings (SSSR count). The Bertz CT molecular complexity index is 389. The van der Waals surface area contributed by atoms with Crippen LogP contribution in [0.3, 0.4) is 0 Å². The lowest BCUT2D eigenvalue weighted by atomic mass is 9.86. The van der Waals surface area contributed by atoms with Crippen molar-refractivity contribution < 1.29 is 4.79 Å². The first-order chi connectivity index (χ1) is 9.23. The number of aryl methyl sites for hydroxylation is 1. The quantitative estimate of drug-likeness (QED) is 0.754. The summed E-state index contributed by atoms with van der Waals surface area (Å²) in [7, 11) is 0. The van der Waals surface area contributed by atoms with E-state index in [1.165, 1.54) is 18.4 Å². The molecule has 1 fully saturated rings. The van der Waals surface area contributed by atoms with Gasteiger partial charge in [0, 0.05) is 6.42 Å². The fourth-order valence-electron chi connectivity index (χ4n) is 3.49. The number of nitrogens with zero attached hydrogens (tertiary/aromatic N) is 1. The Morgan fingerprint density at radius 3 is 2.53 bits per heavy atom. The molecule has 0 atom stereocenters. The summed E-state index contributed by atoms with van der Waals surface area (Å²) in [6, 6.07) is 2.14. The summed E-state index contributed by atoms with van der Waals surface area (Å²) in [5.41, 5.74) is 1.17. The Morgan fingerprint density at radius 2 is 2.00 bits per heavy atom. The van der Waals surface area contributed by atoms with Gasteiger partial charge in [-0.25, -0.2) is 0 Å². The van der Waals surface area contributed by atoms with Gasteiger partial charge < -0.3 is 0 Å². The van der Waals surface area contributed by atoms with E-state index in [-0.39, 0.29) is 5.54 Å². The minimum Gasteiger partial charge on any atom is -0.298 e. The van der Waals surface area contributed by atoms with E-state index in [1.54, 1.807) is 11.3 Å². The van der Waals surface area contributed by atoms with E-state index in [0.29, 0.717) is 12.2 Å². The Morgan fingerprint density at radius 1 is 1.32 bits per heavy atom. The summed E-state index contributed by atoms with van der Waals surface area (Å²) >= 11 is 1.72. The number of thiophene rings is 1. The number of carbonyl (C=O) groups excluding carboxylic acids is 1. The van der Waals surface area contributed by atoms with Crippen LogP contribution in [0.25, 0.3) is 0 Å². The lowest BCUT2D eigenvalue weighted by Gasteiger charge is -2.39. The Balaban J connectivity index is 2.04. The first-order valence-corrected chi connectivity index (χ1v) is 8.46. The molecule has 19 heavy (non-hydrogen) atoms. The van der Waals surface area contributed by atoms with Crippen molar-refractivity contribution in [2.24, 2.45) is 0 Å². The molecule has 1 aliphatic carbocycles. The highest BCUT2D eigenvalue weighted by atomic mass is 32.1. The molecule has 1 aromatic rings. The van der Waals surface area contributed by atoms with E-state index in [2.05, 4.69) is 35.6 Å². The normalized spacial score (nSPS) is 18.1. The van der Waals surface area contributed by atoms with Gasteiger partial charge >= 0.3 is 0 Å². The van der Waals surface area contributed by atoms with Crippen LogP contribution in [0.15, 0.2) is 16.8 Å². The maximum absolute atomic E-state index is 12.8.